The molecule has 0 aliphatic rings. The monoisotopic (exact) mass is 272 g/mol. The van der Waals surface area contributed by atoms with E-state index in [-0.39, 0.29) is 11.9 Å². The van der Waals surface area contributed by atoms with Gasteiger partial charge in [-0.3, -0.25) is 4.98 Å². The topological polar surface area (TPSA) is 24.9 Å². The highest BCUT2D eigenvalue weighted by molar-refractivity contribution is 5.18. The third-order valence-electron chi connectivity index (χ3n) is 3.43. The van der Waals surface area contributed by atoms with E-state index in [1.54, 1.807) is 12.3 Å². The number of nitrogens with zero attached hydrogens (tertiary/aromatic N) is 1. The van der Waals surface area contributed by atoms with Gasteiger partial charge in [0.25, 0.3) is 0 Å². The molecular weight excluding hydrogens is 251 g/mol. The van der Waals surface area contributed by atoms with Crippen LogP contribution in [0.5, 0.6) is 0 Å². The van der Waals surface area contributed by atoms with Crippen molar-refractivity contribution in [2.75, 3.05) is 6.54 Å². The Morgan fingerprint density at radius 2 is 2.00 bits per heavy atom. The third-order valence-corrected chi connectivity index (χ3v) is 3.43. The van der Waals surface area contributed by atoms with Crippen molar-refractivity contribution in [3.8, 4) is 0 Å². The zero-order valence-electron chi connectivity index (χ0n) is 11.8. The maximum atomic E-state index is 13.8. The summed E-state index contributed by atoms with van der Waals surface area (Å²) in [4.78, 5) is 3.81. The minimum absolute atomic E-state index is 0.0618. The lowest BCUT2D eigenvalue weighted by molar-refractivity contribution is 0.471. The molecule has 1 unspecified atom stereocenters. The first-order valence-electron chi connectivity index (χ1n) is 7.18. The molecule has 1 atom stereocenters. The second kappa shape index (κ2) is 7.75. The van der Waals surface area contributed by atoms with Crippen molar-refractivity contribution in [2.24, 2.45) is 0 Å². The van der Waals surface area contributed by atoms with Crippen LogP contribution in [0.15, 0.2) is 48.8 Å². The molecule has 2 aromatic rings. The highest BCUT2D eigenvalue weighted by atomic mass is 19.1. The number of aromatic nitrogens is 1. The van der Waals surface area contributed by atoms with Crippen LogP contribution in [0.25, 0.3) is 0 Å². The summed E-state index contributed by atoms with van der Waals surface area (Å²) < 4.78 is 13.8. The third kappa shape index (κ3) is 4.14. The van der Waals surface area contributed by atoms with Gasteiger partial charge < -0.3 is 5.32 Å². The maximum absolute atomic E-state index is 13.8. The molecule has 106 valence electrons. The van der Waals surface area contributed by atoms with Gasteiger partial charge in [0.2, 0.25) is 0 Å². The second-order valence-electron chi connectivity index (χ2n) is 4.89. The molecule has 0 fully saturated rings. The minimum Gasteiger partial charge on any atom is -0.310 e. The Morgan fingerprint density at radius 3 is 2.70 bits per heavy atom. The Morgan fingerprint density at radius 1 is 1.20 bits per heavy atom. The summed E-state index contributed by atoms with van der Waals surface area (Å²) in [5.41, 5.74) is 2.05. The van der Waals surface area contributed by atoms with Gasteiger partial charge in [-0.05, 0) is 37.4 Å². The molecule has 0 amide bonds. The first kappa shape index (κ1) is 14.7. The molecule has 0 saturated heterocycles. The molecule has 1 aromatic heterocycles. The van der Waals surface area contributed by atoms with E-state index < -0.39 is 0 Å². The SMILES string of the molecule is CCNC(CCCc1ccccc1)c1ccncc1F. The van der Waals surface area contributed by atoms with Gasteiger partial charge in [-0.2, -0.15) is 0 Å². The van der Waals surface area contributed by atoms with E-state index in [2.05, 4.69) is 34.6 Å². The lowest BCUT2D eigenvalue weighted by Crippen LogP contribution is -2.22. The lowest BCUT2D eigenvalue weighted by Gasteiger charge is -2.18. The molecule has 1 N–H and O–H groups in total. The maximum Gasteiger partial charge on any atom is 0.146 e. The Labute approximate surface area is 120 Å². The number of pyridine rings is 1. The number of hydrogen-bond donors (Lipinski definition) is 1. The fraction of sp³-hybridized carbons (Fsp3) is 0.353. The van der Waals surface area contributed by atoms with Gasteiger partial charge in [-0.1, -0.05) is 37.3 Å². The Bertz CT molecular complexity index is 513. The molecule has 0 radical (unpaired) electrons. The summed E-state index contributed by atoms with van der Waals surface area (Å²) in [7, 11) is 0. The number of benzene rings is 1. The molecule has 20 heavy (non-hydrogen) atoms. The van der Waals surface area contributed by atoms with E-state index in [0.29, 0.717) is 0 Å². The molecule has 0 aliphatic carbocycles. The summed E-state index contributed by atoms with van der Waals surface area (Å²) in [6.45, 7) is 2.88. The van der Waals surface area contributed by atoms with Crippen molar-refractivity contribution in [3.63, 3.8) is 0 Å². The minimum atomic E-state index is -0.224. The van der Waals surface area contributed by atoms with Crippen molar-refractivity contribution in [2.45, 2.75) is 32.2 Å². The number of aryl methyl sites for hydroxylation is 1. The van der Waals surface area contributed by atoms with Gasteiger partial charge in [0.15, 0.2) is 0 Å². The van der Waals surface area contributed by atoms with Crippen molar-refractivity contribution in [1.82, 2.24) is 10.3 Å². The molecular formula is C17H21FN2. The van der Waals surface area contributed by atoms with Crippen LogP contribution >= 0.6 is 0 Å². The fourth-order valence-electron chi connectivity index (χ4n) is 2.44. The predicted molar refractivity (Wildman–Crippen MR) is 80.0 cm³/mol. The molecule has 1 aromatic carbocycles. The highest BCUT2D eigenvalue weighted by Crippen LogP contribution is 2.21. The van der Waals surface area contributed by atoms with Crippen LogP contribution in [0, 0.1) is 5.82 Å². The summed E-state index contributed by atoms with van der Waals surface area (Å²) in [5.74, 6) is -0.224. The van der Waals surface area contributed by atoms with Crippen molar-refractivity contribution >= 4 is 0 Å². The van der Waals surface area contributed by atoms with Crippen LogP contribution in [0.2, 0.25) is 0 Å². The Hall–Kier alpha value is -1.74. The Kier molecular flexibility index (Phi) is 5.69. The van der Waals surface area contributed by atoms with Gasteiger partial charge in [0.1, 0.15) is 5.82 Å². The standard InChI is InChI=1S/C17H21FN2/c1-2-20-17(15-11-12-19-13-16(15)18)10-6-9-14-7-4-3-5-8-14/h3-5,7-8,11-13,17,20H,2,6,9-10H2,1H3. The van der Waals surface area contributed by atoms with Gasteiger partial charge in [-0.25, -0.2) is 4.39 Å². The number of nitrogens with one attached hydrogen (secondary N) is 1. The summed E-state index contributed by atoms with van der Waals surface area (Å²) >= 11 is 0. The van der Waals surface area contributed by atoms with Crippen molar-refractivity contribution in [1.29, 1.82) is 0 Å². The van der Waals surface area contributed by atoms with Gasteiger partial charge in [0.05, 0.1) is 6.20 Å². The van der Waals surface area contributed by atoms with Crippen LogP contribution in [0.4, 0.5) is 4.39 Å². The van der Waals surface area contributed by atoms with E-state index >= 15 is 0 Å². The van der Waals surface area contributed by atoms with Gasteiger partial charge >= 0.3 is 0 Å². The van der Waals surface area contributed by atoms with Crippen LogP contribution in [0.1, 0.15) is 36.9 Å². The summed E-state index contributed by atoms with van der Waals surface area (Å²) in [5, 5.41) is 3.36. The fourth-order valence-corrected chi connectivity index (χ4v) is 2.44. The zero-order valence-corrected chi connectivity index (χ0v) is 11.8. The first-order valence-corrected chi connectivity index (χ1v) is 7.18. The van der Waals surface area contributed by atoms with Crippen LogP contribution in [0.3, 0.4) is 0 Å². The smallest absolute Gasteiger partial charge is 0.146 e. The van der Waals surface area contributed by atoms with Crippen LogP contribution in [-0.4, -0.2) is 11.5 Å². The summed E-state index contributed by atoms with van der Waals surface area (Å²) in [6.07, 6.45) is 5.92. The highest BCUT2D eigenvalue weighted by Gasteiger charge is 2.14. The van der Waals surface area contributed by atoms with E-state index in [9.17, 15) is 4.39 Å². The van der Waals surface area contributed by atoms with E-state index in [1.165, 1.54) is 11.8 Å². The van der Waals surface area contributed by atoms with Crippen molar-refractivity contribution in [3.05, 3.63) is 65.7 Å². The molecule has 1 heterocycles. The molecule has 3 heteroatoms. The molecule has 0 spiro atoms. The van der Waals surface area contributed by atoms with E-state index in [0.717, 1.165) is 31.4 Å². The lowest BCUT2D eigenvalue weighted by atomic mass is 9.99. The Balaban J connectivity index is 1.95. The summed E-state index contributed by atoms with van der Waals surface area (Å²) in [6, 6.07) is 12.2. The van der Waals surface area contributed by atoms with Crippen LogP contribution in [-0.2, 0) is 6.42 Å². The normalized spacial score (nSPS) is 12.3. The molecule has 2 nitrogen and oxygen atoms in total. The van der Waals surface area contributed by atoms with E-state index in [4.69, 9.17) is 0 Å². The molecule has 0 aliphatic heterocycles. The average molecular weight is 272 g/mol. The van der Waals surface area contributed by atoms with E-state index in [1.807, 2.05) is 13.0 Å². The largest absolute Gasteiger partial charge is 0.310 e. The van der Waals surface area contributed by atoms with Gasteiger partial charge in [-0.15, -0.1) is 0 Å². The number of hydrogen-bond acceptors (Lipinski definition) is 2. The quantitative estimate of drug-likeness (QED) is 0.827. The molecule has 0 saturated carbocycles. The van der Waals surface area contributed by atoms with Gasteiger partial charge in [0, 0.05) is 17.8 Å². The number of halogens is 1. The zero-order chi connectivity index (χ0) is 14.2. The second-order valence-corrected chi connectivity index (χ2v) is 4.89. The number of rotatable bonds is 7. The predicted octanol–water partition coefficient (Wildman–Crippen LogP) is 3.89. The molecule has 2 rings (SSSR count). The molecule has 0 bridgehead atoms. The van der Waals surface area contributed by atoms with Crippen molar-refractivity contribution < 1.29 is 4.39 Å². The average Bonchev–Trinajstić information content (AvgIpc) is 2.48. The van der Waals surface area contributed by atoms with Crippen LogP contribution < -0.4 is 5.32 Å². The first-order chi connectivity index (χ1) is 9.81.